The van der Waals surface area contributed by atoms with Gasteiger partial charge in [0.1, 0.15) is 17.2 Å². The molecule has 8 nitrogen and oxygen atoms in total. The maximum atomic E-state index is 13.6. The van der Waals surface area contributed by atoms with Crippen molar-refractivity contribution in [2.24, 2.45) is 5.92 Å². The summed E-state index contributed by atoms with van der Waals surface area (Å²) < 4.78 is 1.59. The van der Waals surface area contributed by atoms with Crippen LogP contribution in [0.4, 0.5) is 0 Å². The molecule has 1 amide bonds. The van der Waals surface area contributed by atoms with E-state index >= 15 is 0 Å². The number of thiophene rings is 1. The van der Waals surface area contributed by atoms with E-state index in [1.165, 1.54) is 4.88 Å². The Balaban J connectivity index is 1.52. The van der Waals surface area contributed by atoms with Gasteiger partial charge in [0.15, 0.2) is 0 Å². The van der Waals surface area contributed by atoms with Gasteiger partial charge in [-0.25, -0.2) is 4.98 Å². The average molecular weight is 422 g/mol. The summed E-state index contributed by atoms with van der Waals surface area (Å²) in [7, 11) is 0. The molecule has 0 fully saturated rings. The summed E-state index contributed by atoms with van der Waals surface area (Å²) in [5.41, 5.74) is 3.71. The van der Waals surface area contributed by atoms with Crippen molar-refractivity contribution in [3.05, 3.63) is 52.4 Å². The van der Waals surface area contributed by atoms with Crippen molar-refractivity contribution in [1.29, 1.82) is 0 Å². The maximum Gasteiger partial charge on any atom is 0.255 e. The van der Waals surface area contributed by atoms with Gasteiger partial charge >= 0.3 is 0 Å². The number of hydrogen-bond donors (Lipinski definition) is 2. The van der Waals surface area contributed by atoms with Crippen LogP contribution < -0.4 is 5.32 Å². The number of nitrogens with zero attached hydrogens (tertiary/aromatic N) is 5. The van der Waals surface area contributed by atoms with E-state index in [9.17, 15) is 4.79 Å². The number of aromatic amines is 1. The third-order valence-electron chi connectivity index (χ3n) is 5.89. The molecule has 3 heterocycles. The quantitative estimate of drug-likeness (QED) is 0.495. The number of hydrogen-bond acceptors (Lipinski definition) is 6. The van der Waals surface area contributed by atoms with Crippen molar-refractivity contribution in [2.75, 3.05) is 0 Å². The average Bonchev–Trinajstić information content (AvgIpc) is 3.53. The fraction of sp³-hybridized carbons (Fsp3) is 0.381. The van der Waals surface area contributed by atoms with Crippen LogP contribution in [-0.4, -0.2) is 36.1 Å². The highest BCUT2D eigenvalue weighted by Gasteiger charge is 2.31. The van der Waals surface area contributed by atoms with Gasteiger partial charge < -0.3 is 10.3 Å². The van der Waals surface area contributed by atoms with E-state index in [0.29, 0.717) is 5.56 Å². The van der Waals surface area contributed by atoms with Gasteiger partial charge in [-0.2, -0.15) is 4.68 Å². The number of benzene rings is 1. The Hall–Kier alpha value is -3.07. The van der Waals surface area contributed by atoms with Crippen molar-refractivity contribution in [3.8, 4) is 5.00 Å². The first-order valence-corrected chi connectivity index (χ1v) is 11.1. The van der Waals surface area contributed by atoms with Crippen molar-refractivity contribution in [1.82, 2.24) is 35.5 Å². The van der Waals surface area contributed by atoms with Gasteiger partial charge in [0.2, 0.25) is 0 Å². The zero-order chi connectivity index (χ0) is 20.7. The van der Waals surface area contributed by atoms with Gasteiger partial charge in [-0.05, 0) is 53.3 Å². The summed E-state index contributed by atoms with van der Waals surface area (Å²) in [6.45, 7) is 4.26. The Morgan fingerprint density at radius 1 is 1.33 bits per heavy atom. The number of carbonyl (C=O) groups is 1. The first kappa shape index (κ1) is 18.9. The lowest BCUT2D eigenvalue weighted by atomic mass is 9.97. The molecule has 0 unspecified atom stereocenters. The topological polar surface area (TPSA) is 101 Å². The minimum atomic E-state index is -0.214. The number of H-pyrrole nitrogens is 1. The van der Waals surface area contributed by atoms with Gasteiger partial charge in [-0.15, -0.1) is 16.4 Å². The second-order valence-electron chi connectivity index (χ2n) is 7.77. The van der Waals surface area contributed by atoms with Crippen LogP contribution >= 0.6 is 11.3 Å². The molecule has 3 aromatic heterocycles. The third-order valence-corrected chi connectivity index (χ3v) is 7.17. The largest absolute Gasteiger partial charge is 0.342 e. The molecular formula is C21H23N7OS. The number of tetrazole rings is 1. The van der Waals surface area contributed by atoms with E-state index in [1.807, 2.05) is 24.3 Å². The van der Waals surface area contributed by atoms with Crippen molar-refractivity contribution >= 4 is 28.3 Å². The molecule has 0 saturated carbocycles. The smallest absolute Gasteiger partial charge is 0.255 e. The number of aryl methyl sites for hydroxylation is 1. The number of imidazole rings is 1. The molecule has 0 saturated heterocycles. The summed E-state index contributed by atoms with van der Waals surface area (Å²) in [5, 5.41) is 15.6. The molecule has 2 atom stereocenters. The molecule has 5 rings (SSSR count). The predicted octanol–water partition coefficient (Wildman–Crippen LogP) is 3.61. The van der Waals surface area contributed by atoms with Crippen molar-refractivity contribution < 1.29 is 4.79 Å². The van der Waals surface area contributed by atoms with Crippen LogP contribution in [0.1, 0.15) is 59.4 Å². The van der Waals surface area contributed by atoms with Crippen LogP contribution in [0.2, 0.25) is 0 Å². The standard InChI is InChI=1S/C21H23N7OS/c1-3-12(2)18(19-23-14-8-4-5-9-15(14)24-19)25-20(29)17-13-7-6-10-16(13)30-21(17)28-11-22-26-27-28/h4-5,8-9,11-12,18H,3,6-7,10H2,1-2H3,(H,23,24)(H,25,29)/t12-,18-/m1/s1. The maximum absolute atomic E-state index is 13.6. The minimum Gasteiger partial charge on any atom is -0.342 e. The molecule has 4 aromatic rings. The Morgan fingerprint density at radius 3 is 2.97 bits per heavy atom. The summed E-state index contributed by atoms with van der Waals surface area (Å²) in [6.07, 6.45) is 5.46. The zero-order valence-electron chi connectivity index (χ0n) is 16.9. The number of para-hydroxylation sites is 2. The second-order valence-corrected chi connectivity index (χ2v) is 8.85. The second kappa shape index (κ2) is 7.64. The Bertz CT molecular complexity index is 1160. The van der Waals surface area contributed by atoms with Crippen LogP contribution in [0.25, 0.3) is 16.0 Å². The number of carbonyl (C=O) groups excluding carboxylic acids is 1. The molecule has 0 bridgehead atoms. The van der Waals surface area contributed by atoms with E-state index in [4.69, 9.17) is 4.98 Å². The first-order valence-electron chi connectivity index (χ1n) is 10.3. The number of fused-ring (bicyclic) bond motifs is 2. The van der Waals surface area contributed by atoms with Crippen LogP contribution in [0.5, 0.6) is 0 Å². The van der Waals surface area contributed by atoms with Gasteiger partial charge in [0.25, 0.3) is 5.91 Å². The van der Waals surface area contributed by atoms with Crippen LogP contribution in [-0.2, 0) is 12.8 Å². The molecule has 1 aliphatic carbocycles. The highest BCUT2D eigenvalue weighted by atomic mass is 32.1. The molecular weight excluding hydrogens is 398 g/mol. The molecule has 1 aromatic carbocycles. The Labute approximate surface area is 177 Å². The Morgan fingerprint density at radius 2 is 2.20 bits per heavy atom. The van der Waals surface area contributed by atoms with Gasteiger partial charge in [0, 0.05) is 4.88 Å². The highest BCUT2D eigenvalue weighted by molar-refractivity contribution is 7.15. The van der Waals surface area contributed by atoms with Crippen LogP contribution in [0, 0.1) is 5.92 Å². The molecule has 0 radical (unpaired) electrons. The van der Waals surface area contributed by atoms with E-state index < -0.39 is 0 Å². The summed E-state index contributed by atoms with van der Waals surface area (Å²) >= 11 is 1.61. The molecule has 1 aliphatic rings. The molecule has 2 N–H and O–H groups in total. The van der Waals surface area contributed by atoms with E-state index in [2.05, 4.69) is 39.7 Å². The SMILES string of the molecule is CC[C@@H](C)[C@@H](NC(=O)c1c(-n2cnnn2)sc2c1CCC2)c1nc2ccccc2[nH]1. The number of aromatic nitrogens is 6. The van der Waals surface area contributed by atoms with Crippen molar-refractivity contribution in [2.45, 2.75) is 45.6 Å². The van der Waals surface area contributed by atoms with E-state index in [0.717, 1.165) is 53.1 Å². The van der Waals surface area contributed by atoms with Crippen LogP contribution in [0.15, 0.2) is 30.6 Å². The van der Waals surface area contributed by atoms with Gasteiger partial charge in [-0.1, -0.05) is 32.4 Å². The fourth-order valence-corrected chi connectivity index (χ4v) is 5.39. The molecule has 30 heavy (non-hydrogen) atoms. The predicted molar refractivity (Wildman–Crippen MR) is 115 cm³/mol. The molecule has 9 heteroatoms. The van der Waals surface area contributed by atoms with E-state index in [-0.39, 0.29) is 17.9 Å². The lowest BCUT2D eigenvalue weighted by Gasteiger charge is -2.23. The number of amides is 1. The van der Waals surface area contributed by atoms with Crippen molar-refractivity contribution in [3.63, 3.8) is 0 Å². The molecule has 0 spiro atoms. The molecule has 0 aliphatic heterocycles. The number of rotatable bonds is 6. The lowest BCUT2D eigenvalue weighted by Crippen LogP contribution is -2.34. The molecule has 154 valence electrons. The lowest BCUT2D eigenvalue weighted by molar-refractivity contribution is 0.0920. The summed E-state index contributed by atoms with van der Waals surface area (Å²) in [5.74, 6) is 0.915. The normalized spacial score (nSPS) is 15.3. The van der Waals surface area contributed by atoms with Gasteiger partial charge in [-0.3, -0.25) is 4.79 Å². The fourth-order valence-electron chi connectivity index (χ4n) is 4.09. The number of nitrogens with one attached hydrogen (secondary N) is 2. The van der Waals surface area contributed by atoms with Crippen LogP contribution in [0.3, 0.4) is 0 Å². The van der Waals surface area contributed by atoms with Gasteiger partial charge in [0.05, 0.1) is 22.6 Å². The Kier molecular flexibility index (Phi) is 4.82. The van der Waals surface area contributed by atoms with E-state index in [1.54, 1.807) is 22.3 Å². The third kappa shape index (κ3) is 3.19. The summed E-state index contributed by atoms with van der Waals surface area (Å²) in [4.78, 5) is 23.0. The first-order chi connectivity index (χ1) is 14.7. The zero-order valence-corrected chi connectivity index (χ0v) is 17.7. The highest BCUT2D eigenvalue weighted by Crippen LogP contribution is 2.38. The monoisotopic (exact) mass is 421 g/mol. The summed E-state index contributed by atoms with van der Waals surface area (Å²) in [6, 6.07) is 7.72. The minimum absolute atomic E-state index is 0.0920.